The van der Waals surface area contributed by atoms with Crippen molar-refractivity contribution in [2.75, 3.05) is 20.3 Å². The number of aromatic nitrogens is 2. The third-order valence-electron chi connectivity index (χ3n) is 7.03. The second-order valence-electron chi connectivity index (χ2n) is 9.19. The largest absolute Gasteiger partial charge is 0.494 e. The fourth-order valence-corrected chi connectivity index (χ4v) is 5.69. The van der Waals surface area contributed by atoms with E-state index < -0.39 is 4.92 Å². The second-order valence-corrected chi connectivity index (χ2v) is 9.58. The van der Waals surface area contributed by atoms with Crippen molar-refractivity contribution in [3.05, 3.63) is 81.4 Å². The van der Waals surface area contributed by atoms with E-state index in [0.717, 1.165) is 47.8 Å². The zero-order valence-corrected chi connectivity index (χ0v) is 21.3. The van der Waals surface area contributed by atoms with E-state index >= 15 is 0 Å². The molecule has 5 rings (SSSR count). The number of nitro benzene ring substituents is 1. The van der Waals surface area contributed by atoms with Gasteiger partial charge in [0.1, 0.15) is 5.75 Å². The van der Waals surface area contributed by atoms with Crippen molar-refractivity contribution in [2.45, 2.75) is 44.9 Å². The van der Waals surface area contributed by atoms with Crippen LogP contribution in [0.2, 0.25) is 0 Å². The standard InChI is InChI=1S/C26H29N5O4S/c1-16-13-20(17(2)30(16)22-10-9-18(31(32)33)14-23(22)34-3)25-24(21-8-4-5-11-27-21)28-26(36)29(25)15-19-7-6-12-35-19/h4-5,8-11,13-14,19,24-25H,6-7,12,15H2,1-3H3,(H,28,36)/t19-,24+,25+/m0/s1. The molecule has 0 unspecified atom stereocenters. The SMILES string of the molecule is COc1cc([N+](=O)[O-])ccc1-n1c(C)cc([C@@H]2[C@@H](c3ccccn3)NC(=S)N2C[C@@H]2CCCO2)c1C. The highest BCUT2D eigenvalue weighted by Crippen LogP contribution is 2.42. The first kappa shape index (κ1) is 24.2. The number of hydrogen-bond donors (Lipinski definition) is 1. The summed E-state index contributed by atoms with van der Waals surface area (Å²) in [6.45, 7) is 5.56. The molecule has 9 nitrogen and oxygen atoms in total. The van der Waals surface area contributed by atoms with Crippen LogP contribution in [0.5, 0.6) is 5.75 Å². The van der Waals surface area contributed by atoms with E-state index in [1.54, 1.807) is 12.3 Å². The van der Waals surface area contributed by atoms with Crippen LogP contribution in [0.1, 0.15) is 47.6 Å². The maximum atomic E-state index is 11.3. The van der Waals surface area contributed by atoms with Gasteiger partial charge in [0, 0.05) is 36.8 Å². The minimum atomic E-state index is -0.418. The Hall–Kier alpha value is -3.50. The van der Waals surface area contributed by atoms with E-state index in [9.17, 15) is 10.1 Å². The molecule has 0 radical (unpaired) electrons. The Kier molecular flexibility index (Phi) is 6.63. The van der Waals surface area contributed by atoms with Gasteiger partial charge in [0.2, 0.25) is 0 Å². The summed E-state index contributed by atoms with van der Waals surface area (Å²) < 4.78 is 13.6. The van der Waals surface area contributed by atoms with Gasteiger partial charge in [-0.3, -0.25) is 15.1 Å². The Labute approximate surface area is 215 Å². The molecule has 0 saturated carbocycles. The number of rotatable bonds is 7. The third kappa shape index (κ3) is 4.31. The first-order valence-electron chi connectivity index (χ1n) is 12.0. The maximum Gasteiger partial charge on any atom is 0.273 e. The van der Waals surface area contributed by atoms with Gasteiger partial charge in [-0.25, -0.2) is 0 Å². The average Bonchev–Trinajstić information content (AvgIpc) is 3.58. The van der Waals surface area contributed by atoms with E-state index in [1.165, 1.54) is 19.2 Å². The van der Waals surface area contributed by atoms with Crippen LogP contribution in [0.3, 0.4) is 0 Å². The number of hydrogen-bond acceptors (Lipinski definition) is 6. The molecular formula is C26H29N5O4S. The number of thiocarbonyl (C=S) groups is 1. The minimum Gasteiger partial charge on any atom is -0.494 e. The van der Waals surface area contributed by atoms with Crippen LogP contribution < -0.4 is 10.1 Å². The van der Waals surface area contributed by atoms with Crippen molar-refractivity contribution in [1.29, 1.82) is 0 Å². The lowest BCUT2D eigenvalue weighted by atomic mass is 9.96. The van der Waals surface area contributed by atoms with Gasteiger partial charge in [-0.05, 0) is 68.7 Å². The maximum absolute atomic E-state index is 11.3. The molecule has 36 heavy (non-hydrogen) atoms. The van der Waals surface area contributed by atoms with Gasteiger partial charge in [-0.15, -0.1) is 0 Å². The van der Waals surface area contributed by atoms with Crippen molar-refractivity contribution in [3.63, 3.8) is 0 Å². The van der Waals surface area contributed by atoms with Crippen molar-refractivity contribution >= 4 is 23.0 Å². The molecule has 2 saturated heterocycles. The molecule has 2 aliphatic heterocycles. The van der Waals surface area contributed by atoms with Crippen LogP contribution in [0, 0.1) is 24.0 Å². The predicted octanol–water partition coefficient (Wildman–Crippen LogP) is 4.56. The van der Waals surface area contributed by atoms with Crippen molar-refractivity contribution in [2.24, 2.45) is 0 Å². The molecule has 0 aliphatic carbocycles. The number of aryl methyl sites for hydroxylation is 1. The average molecular weight is 508 g/mol. The Morgan fingerprint density at radius 1 is 1.28 bits per heavy atom. The molecule has 10 heteroatoms. The zero-order valence-electron chi connectivity index (χ0n) is 20.5. The van der Waals surface area contributed by atoms with E-state index in [0.29, 0.717) is 17.4 Å². The van der Waals surface area contributed by atoms with Gasteiger partial charge in [0.05, 0.1) is 47.7 Å². The molecule has 0 spiro atoms. The van der Waals surface area contributed by atoms with Gasteiger partial charge in [0.15, 0.2) is 5.11 Å². The molecule has 0 amide bonds. The number of nitrogens with zero attached hydrogens (tertiary/aromatic N) is 4. The Morgan fingerprint density at radius 2 is 2.11 bits per heavy atom. The van der Waals surface area contributed by atoms with Crippen molar-refractivity contribution in [1.82, 2.24) is 19.8 Å². The van der Waals surface area contributed by atoms with Crippen molar-refractivity contribution in [3.8, 4) is 11.4 Å². The molecule has 188 valence electrons. The first-order chi connectivity index (χ1) is 17.4. The van der Waals surface area contributed by atoms with Crippen LogP contribution in [-0.2, 0) is 4.74 Å². The molecule has 0 bridgehead atoms. The highest BCUT2D eigenvalue weighted by Gasteiger charge is 2.42. The quantitative estimate of drug-likeness (QED) is 0.283. The third-order valence-corrected chi connectivity index (χ3v) is 7.38. The summed E-state index contributed by atoms with van der Waals surface area (Å²) in [4.78, 5) is 17.8. The second kappa shape index (κ2) is 9.87. The summed E-state index contributed by atoms with van der Waals surface area (Å²) in [6.07, 6.45) is 4.00. The highest BCUT2D eigenvalue weighted by atomic mass is 32.1. The molecule has 4 heterocycles. The molecule has 1 N–H and O–H groups in total. The topological polar surface area (TPSA) is 94.7 Å². The normalized spacial score (nSPS) is 21.6. The highest BCUT2D eigenvalue weighted by molar-refractivity contribution is 7.80. The summed E-state index contributed by atoms with van der Waals surface area (Å²) in [5, 5.41) is 15.5. The number of methoxy groups -OCH3 is 1. The van der Waals surface area contributed by atoms with Gasteiger partial charge >= 0.3 is 0 Å². The molecule has 1 aromatic carbocycles. The van der Waals surface area contributed by atoms with Crippen molar-refractivity contribution < 1.29 is 14.4 Å². The summed E-state index contributed by atoms with van der Waals surface area (Å²) >= 11 is 5.82. The first-order valence-corrected chi connectivity index (χ1v) is 12.4. The van der Waals surface area contributed by atoms with E-state index in [4.69, 9.17) is 21.7 Å². The molecular weight excluding hydrogens is 478 g/mol. The molecule has 2 aromatic heterocycles. The van der Waals surface area contributed by atoms with Crippen LogP contribution in [-0.4, -0.2) is 50.9 Å². The zero-order chi connectivity index (χ0) is 25.4. The lowest BCUT2D eigenvalue weighted by Gasteiger charge is -2.30. The summed E-state index contributed by atoms with van der Waals surface area (Å²) in [7, 11) is 1.53. The monoisotopic (exact) mass is 507 g/mol. The predicted molar refractivity (Wildman–Crippen MR) is 140 cm³/mol. The number of pyridine rings is 1. The number of non-ortho nitro benzene ring substituents is 1. The molecule has 3 aromatic rings. The van der Waals surface area contributed by atoms with E-state index in [1.807, 2.05) is 25.1 Å². The molecule has 2 fully saturated rings. The van der Waals surface area contributed by atoms with E-state index in [2.05, 4.69) is 32.8 Å². The summed E-state index contributed by atoms with van der Waals surface area (Å²) in [6, 6.07) is 12.5. The van der Waals surface area contributed by atoms with Gasteiger partial charge in [0.25, 0.3) is 5.69 Å². The summed E-state index contributed by atoms with van der Waals surface area (Å²) in [5.41, 5.74) is 4.75. The Balaban J connectivity index is 1.61. The number of nitrogens with one attached hydrogen (secondary N) is 1. The van der Waals surface area contributed by atoms with Crippen LogP contribution in [0.25, 0.3) is 5.69 Å². The fraction of sp³-hybridized carbons (Fsp3) is 0.385. The van der Waals surface area contributed by atoms with Gasteiger partial charge < -0.3 is 24.3 Å². The Bertz CT molecular complexity index is 1290. The number of benzene rings is 1. The minimum absolute atomic E-state index is 0.0124. The van der Waals surface area contributed by atoms with Gasteiger partial charge in [-0.2, -0.15) is 0 Å². The fourth-order valence-electron chi connectivity index (χ4n) is 5.37. The van der Waals surface area contributed by atoms with Crippen LogP contribution in [0.15, 0.2) is 48.7 Å². The van der Waals surface area contributed by atoms with Crippen LogP contribution in [0.4, 0.5) is 5.69 Å². The number of ether oxygens (including phenoxy) is 2. The smallest absolute Gasteiger partial charge is 0.273 e. The lowest BCUT2D eigenvalue weighted by Crippen LogP contribution is -2.36. The number of nitro groups is 1. The molecule has 2 aliphatic rings. The molecule has 3 atom stereocenters. The van der Waals surface area contributed by atoms with Gasteiger partial charge in [-0.1, -0.05) is 6.07 Å². The van der Waals surface area contributed by atoms with E-state index in [-0.39, 0.29) is 23.9 Å². The Morgan fingerprint density at radius 3 is 2.78 bits per heavy atom. The van der Waals surface area contributed by atoms with Crippen LogP contribution >= 0.6 is 12.2 Å². The lowest BCUT2D eigenvalue weighted by molar-refractivity contribution is -0.384. The summed E-state index contributed by atoms with van der Waals surface area (Å²) in [5.74, 6) is 0.440.